The van der Waals surface area contributed by atoms with Crippen molar-refractivity contribution in [1.29, 1.82) is 0 Å². The number of hydrogen-bond acceptors (Lipinski definition) is 7. The van der Waals surface area contributed by atoms with Crippen LogP contribution in [-0.4, -0.2) is 43.3 Å². The first-order valence-electron chi connectivity index (χ1n) is 9.96. The maximum Gasteiger partial charge on any atom is 0.252 e. The Morgan fingerprint density at radius 3 is 3.04 bits per heavy atom. The monoisotopic (exact) mass is 368 g/mol. The highest BCUT2D eigenvalue weighted by atomic mass is 16.5. The second-order valence-corrected chi connectivity index (χ2v) is 8.24. The Morgan fingerprint density at radius 2 is 2.15 bits per heavy atom. The molecule has 3 aliphatic heterocycles. The predicted octanol–water partition coefficient (Wildman–Crippen LogP) is 1.80. The molecule has 2 fully saturated rings. The van der Waals surface area contributed by atoms with E-state index in [0.717, 1.165) is 36.9 Å². The van der Waals surface area contributed by atoms with Gasteiger partial charge in [0.05, 0.1) is 24.4 Å². The Labute approximate surface area is 157 Å². The molecule has 1 aliphatic carbocycles. The van der Waals surface area contributed by atoms with Crippen molar-refractivity contribution in [2.45, 2.75) is 63.3 Å². The number of fused-ring (bicyclic) bond motifs is 6. The van der Waals surface area contributed by atoms with Gasteiger partial charge in [-0.2, -0.15) is 4.68 Å². The van der Waals surface area contributed by atoms with Gasteiger partial charge in [-0.1, -0.05) is 18.1 Å². The number of aromatic nitrogens is 5. The van der Waals surface area contributed by atoms with Crippen molar-refractivity contribution in [3.05, 3.63) is 24.4 Å². The van der Waals surface area contributed by atoms with Gasteiger partial charge in [0.25, 0.3) is 5.96 Å². The fourth-order valence-corrected chi connectivity index (χ4v) is 5.36. The molecule has 2 aromatic rings. The Kier molecular flexibility index (Phi) is 3.21. The van der Waals surface area contributed by atoms with Crippen molar-refractivity contribution in [2.75, 3.05) is 11.5 Å². The molecule has 27 heavy (non-hydrogen) atoms. The average Bonchev–Trinajstić information content (AvgIpc) is 3.45. The third-order valence-electron chi connectivity index (χ3n) is 6.73. The first kappa shape index (κ1) is 15.6. The molecule has 1 N–H and O–H groups in total. The zero-order valence-corrected chi connectivity index (χ0v) is 15.5. The third kappa shape index (κ3) is 2.08. The van der Waals surface area contributed by atoms with Crippen LogP contribution in [0.3, 0.4) is 0 Å². The van der Waals surface area contributed by atoms with Gasteiger partial charge in [0.1, 0.15) is 17.6 Å². The van der Waals surface area contributed by atoms with E-state index in [9.17, 15) is 0 Å². The molecular weight excluding hydrogens is 344 g/mol. The molecule has 4 unspecified atom stereocenters. The van der Waals surface area contributed by atoms with Gasteiger partial charge in [-0.15, -0.1) is 10.2 Å². The molecule has 4 aliphatic rings. The number of ether oxygens (including phenoxy) is 1. The number of imidazole rings is 1. The van der Waals surface area contributed by atoms with Gasteiger partial charge in [0, 0.05) is 18.6 Å². The van der Waals surface area contributed by atoms with E-state index in [1.807, 2.05) is 23.4 Å². The van der Waals surface area contributed by atoms with Crippen molar-refractivity contribution < 1.29 is 4.74 Å². The van der Waals surface area contributed by atoms with Gasteiger partial charge in [0.2, 0.25) is 0 Å². The van der Waals surface area contributed by atoms with Crippen LogP contribution in [0.15, 0.2) is 23.8 Å². The minimum absolute atomic E-state index is 0.142. The highest BCUT2D eigenvalue weighted by Crippen LogP contribution is 2.45. The average molecular weight is 368 g/mol. The van der Waals surface area contributed by atoms with Crippen molar-refractivity contribution in [3.63, 3.8) is 0 Å². The van der Waals surface area contributed by atoms with Crippen LogP contribution in [0.25, 0.3) is 0 Å². The summed E-state index contributed by atoms with van der Waals surface area (Å²) in [6, 6.07) is 0.491. The fourth-order valence-electron chi connectivity index (χ4n) is 5.36. The molecule has 1 saturated heterocycles. The Bertz CT molecular complexity index is 895. The molecule has 0 amide bonds. The fraction of sp³-hybridized carbons (Fsp3) is 0.667. The van der Waals surface area contributed by atoms with Crippen molar-refractivity contribution in [1.82, 2.24) is 30.0 Å². The molecule has 5 heterocycles. The van der Waals surface area contributed by atoms with E-state index in [4.69, 9.17) is 9.84 Å². The molecule has 0 aromatic carbocycles. The smallest absolute Gasteiger partial charge is 0.252 e. The highest BCUT2D eigenvalue weighted by molar-refractivity contribution is 5.98. The molecular formula is C18H24N8O. The first-order valence-corrected chi connectivity index (χ1v) is 9.96. The zero-order chi connectivity index (χ0) is 18.0. The number of nitrogens with zero attached hydrogens (tertiary/aromatic N) is 7. The summed E-state index contributed by atoms with van der Waals surface area (Å²) in [4.78, 5) is 6.70. The molecule has 1 saturated carbocycles. The van der Waals surface area contributed by atoms with E-state index in [2.05, 4.69) is 37.1 Å². The van der Waals surface area contributed by atoms with Gasteiger partial charge >= 0.3 is 0 Å². The van der Waals surface area contributed by atoms with Crippen molar-refractivity contribution in [3.8, 4) is 0 Å². The largest absolute Gasteiger partial charge is 0.369 e. The van der Waals surface area contributed by atoms with Gasteiger partial charge < -0.3 is 9.30 Å². The predicted molar refractivity (Wildman–Crippen MR) is 98.0 cm³/mol. The zero-order valence-electron chi connectivity index (χ0n) is 15.5. The SMILES string of the molecule is CC1(c2cnnn2C2=NNC3C4CCCCC4n4cncc4N23)CCCO1. The van der Waals surface area contributed by atoms with Gasteiger partial charge in [-0.05, 0) is 32.6 Å². The molecule has 4 atom stereocenters. The normalized spacial score (nSPS) is 34.6. The molecule has 142 valence electrons. The Balaban J connectivity index is 1.44. The summed E-state index contributed by atoms with van der Waals surface area (Å²) in [5, 5.41) is 13.3. The van der Waals surface area contributed by atoms with Crippen LogP contribution >= 0.6 is 0 Å². The maximum atomic E-state index is 6.05. The summed E-state index contributed by atoms with van der Waals surface area (Å²) in [6.45, 7) is 2.89. The van der Waals surface area contributed by atoms with Crippen molar-refractivity contribution in [2.24, 2.45) is 11.0 Å². The molecule has 0 bridgehead atoms. The Morgan fingerprint density at radius 1 is 1.22 bits per heavy atom. The highest BCUT2D eigenvalue weighted by Gasteiger charge is 2.48. The van der Waals surface area contributed by atoms with E-state index < -0.39 is 0 Å². The first-order chi connectivity index (χ1) is 13.3. The standard InChI is InChI=1S/C18H24N8O/c1-18(7-4-8-27-18)14-9-20-23-26(14)17-22-21-16-12-5-2-3-6-13(12)24-11-19-10-15(24)25(16)17/h9-13,16,21H,2-8H2,1H3. The number of hydrazone groups is 1. The summed E-state index contributed by atoms with van der Waals surface area (Å²) in [6.07, 6.45) is 12.8. The molecule has 9 nitrogen and oxygen atoms in total. The van der Waals surface area contributed by atoms with Crippen LogP contribution < -0.4 is 10.3 Å². The molecule has 0 spiro atoms. The minimum atomic E-state index is -0.368. The van der Waals surface area contributed by atoms with Crippen LogP contribution in [0.2, 0.25) is 0 Å². The van der Waals surface area contributed by atoms with Gasteiger partial charge in [-0.3, -0.25) is 10.3 Å². The van der Waals surface area contributed by atoms with E-state index >= 15 is 0 Å². The lowest BCUT2D eigenvalue weighted by atomic mass is 9.80. The molecule has 0 radical (unpaired) electrons. The van der Waals surface area contributed by atoms with E-state index in [1.54, 1.807) is 0 Å². The second kappa shape index (κ2) is 5.54. The lowest BCUT2D eigenvalue weighted by molar-refractivity contribution is 0.0117. The van der Waals surface area contributed by atoms with Crippen LogP contribution in [-0.2, 0) is 10.3 Å². The number of anilines is 1. The number of hydrogen-bond donors (Lipinski definition) is 1. The number of nitrogens with one attached hydrogen (secondary N) is 1. The Hall–Kier alpha value is -2.42. The maximum absolute atomic E-state index is 6.05. The summed E-state index contributed by atoms with van der Waals surface area (Å²) in [5.74, 6) is 2.34. The summed E-state index contributed by atoms with van der Waals surface area (Å²) >= 11 is 0. The van der Waals surface area contributed by atoms with E-state index in [0.29, 0.717) is 12.0 Å². The minimum Gasteiger partial charge on any atom is -0.369 e. The van der Waals surface area contributed by atoms with Crippen LogP contribution in [0.1, 0.15) is 57.2 Å². The lowest BCUT2D eigenvalue weighted by Crippen LogP contribution is -2.55. The van der Waals surface area contributed by atoms with Gasteiger partial charge in [-0.25, -0.2) is 4.98 Å². The van der Waals surface area contributed by atoms with Crippen LogP contribution in [0.4, 0.5) is 5.82 Å². The summed E-state index contributed by atoms with van der Waals surface area (Å²) in [5.41, 5.74) is 3.99. The van der Waals surface area contributed by atoms with Crippen LogP contribution in [0.5, 0.6) is 0 Å². The van der Waals surface area contributed by atoms with Gasteiger partial charge in [0.15, 0.2) is 0 Å². The third-order valence-corrected chi connectivity index (χ3v) is 6.73. The van der Waals surface area contributed by atoms with E-state index in [1.165, 1.54) is 25.7 Å². The lowest BCUT2D eigenvalue weighted by Gasteiger charge is -2.45. The number of rotatable bonds is 1. The summed E-state index contributed by atoms with van der Waals surface area (Å²) < 4.78 is 10.2. The quantitative estimate of drug-likeness (QED) is 0.826. The van der Waals surface area contributed by atoms with Crippen LogP contribution in [0, 0.1) is 5.92 Å². The molecule has 9 heteroatoms. The van der Waals surface area contributed by atoms with Crippen molar-refractivity contribution >= 4 is 11.8 Å². The molecule has 6 rings (SSSR count). The summed E-state index contributed by atoms with van der Waals surface area (Å²) in [7, 11) is 0. The molecule has 2 aromatic heterocycles. The second-order valence-electron chi connectivity index (χ2n) is 8.24. The topological polar surface area (TPSA) is 85.4 Å². The van der Waals surface area contributed by atoms with E-state index in [-0.39, 0.29) is 11.8 Å².